The lowest BCUT2D eigenvalue weighted by molar-refractivity contribution is -0.118. The summed E-state index contributed by atoms with van der Waals surface area (Å²) in [4.78, 5) is 12.1. The molecule has 0 fully saturated rings. The van der Waals surface area contributed by atoms with Gasteiger partial charge in [0.2, 0.25) is 0 Å². The maximum absolute atomic E-state index is 12.1. The van der Waals surface area contributed by atoms with Crippen LogP contribution in [0.25, 0.3) is 0 Å². The second kappa shape index (κ2) is 8.56. The molecule has 1 amide bonds. The maximum Gasteiger partial charge on any atom is 0.262 e. The van der Waals surface area contributed by atoms with Gasteiger partial charge in [0.1, 0.15) is 5.75 Å². The number of methoxy groups -OCH3 is 2. The number of carbonyl (C=O) groups is 1. The molecule has 0 heterocycles. The topological polar surface area (TPSA) is 77.0 Å². The molecular formula is C17H18BrNO5. The van der Waals surface area contributed by atoms with Gasteiger partial charge in [0.15, 0.2) is 18.1 Å². The van der Waals surface area contributed by atoms with Crippen molar-refractivity contribution < 1.29 is 24.1 Å². The zero-order valence-corrected chi connectivity index (χ0v) is 14.9. The highest BCUT2D eigenvalue weighted by molar-refractivity contribution is 9.10. The first kappa shape index (κ1) is 18.1. The molecule has 0 saturated heterocycles. The van der Waals surface area contributed by atoms with Crippen LogP contribution in [0.3, 0.4) is 0 Å². The fourth-order valence-corrected chi connectivity index (χ4v) is 2.50. The number of rotatable bonds is 7. The van der Waals surface area contributed by atoms with Crippen LogP contribution in [0.2, 0.25) is 0 Å². The maximum atomic E-state index is 12.1. The van der Waals surface area contributed by atoms with Gasteiger partial charge >= 0.3 is 0 Å². The molecule has 24 heavy (non-hydrogen) atoms. The largest absolute Gasteiger partial charge is 0.495 e. The smallest absolute Gasteiger partial charge is 0.262 e. The number of nitrogens with one attached hydrogen (secondary N) is 1. The molecule has 0 aromatic heterocycles. The van der Waals surface area contributed by atoms with E-state index in [2.05, 4.69) is 21.2 Å². The van der Waals surface area contributed by atoms with Gasteiger partial charge in [-0.3, -0.25) is 4.79 Å². The van der Waals surface area contributed by atoms with E-state index in [1.54, 1.807) is 30.3 Å². The van der Waals surface area contributed by atoms with E-state index >= 15 is 0 Å². The highest BCUT2D eigenvalue weighted by Crippen LogP contribution is 2.33. The number of halogens is 1. The van der Waals surface area contributed by atoms with E-state index in [0.29, 0.717) is 33.0 Å². The summed E-state index contributed by atoms with van der Waals surface area (Å²) in [5.74, 6) is 1.08. The molecule has 0 radical (unpaired) electrons. The zero-order valence-electron chi connectivity index (χ0n) is 13.3. The van der Waals surface area contributed by atoms with Crippen LogP contribution >= 0.6 is 15.9 Å². The Morgan fingerprint density at radius 1 is 1.12 bits per heavy atom. The number of benzene rings is 2. The molecule has 2 rings (SSSR count). The number of hydrogen-bond donors (Lipinski definition) is 2. The second-order valence-electron chi connectivity index (χ2n) is 4.79. The predicted octanol–water partition coefficient (Wildman–Crippen LogP) is 2.98. The number of aliphatic hydroxyl groups excluding tert-OH is 1. The van der Waals surface area contributed by atoms with E-state index in [-0.39, 0.29) is 19.1 Å². The van der Waals surface area contributed by atoms with Crippen LogP contribution < -0.4 is 19.5 Å². The zero-order chi connectivity index (χ0) is 17.5. The molecular weight excluding hydrogens is 378 g/mol. The molecule has 0 saturated carbocycles. The van der Waals surface area contributed by atoms with Crippen molar-refractivity contribution in [1.29, 1.82) is 0 Å². The lowest BCUT2D eigenvalue weighted by atomic mass is 10.2. The molecule has 2 aromatic rings. The fourth-order valence-electron chi connectivity index (χ4n) is 2.05. The molecule has 2 aromatic carbocycles. The summed E-state index contributed by atoms with van der Waals surface area (Å²) in [7, 11) is 3.03. The van der Waals surface area contributed by atoms with Crippen LogP contribution in [-0.4, -0.2) is 31.8 Å². The van der Waals surface area contributed by atoms with Crippen LogP contribution in [0.4, 0.5) is 5.69 Å². The van der Waals surface area contributed by atoms with Gasteiger partial charge in [0.05, 0.1) is 26.5 Å². The molecule has 0 aliphatic heterocycles. The molecule has 0 spiro atoms. The molecule has 0 atom stereocenters. The monoisotopic (exact) mass is 395 g/mol. The number of para-hydroxylation sites is 2. The van der Waals surface area contributed by atoms with E-state index in [9.17, 15) is 9.90 Å². The van der Waals surface area contributed by atoms with Crippen LogP contribution in [-0.2, 0) is 11.4 Å². The number of anilines is 1. The Hall–Kier alpha value is -2.25. The Kier molecular flexibility index (Phi) is 6.45. The van der Waals surface area contributed by atoms with Crippen molar-refractivity contribution in [2.45, 2.75) is 6.61 Å². The van der Waals surface area contributed by atoms with Crippen molar-refractivity contribution in [3.05, 3.63) is 46.4 Å². The van der Waals surface area contributed by atoms with E-state index in [0.717, 1.165) is 0 Å². The highest BCUT2D eigenvalue weighted by atomic mass is 79.9. The molecule has 7 heteroatoms. The van der Waals surface area contributed by atoms with Crippen molar-refractivity contribution >= 4 is 27.5 Å². The van der Waals surface area contributed by atoms with Gasteiger partial charge in [-0.1, -0.05) is 28.1 Å². The lowest BCUT2D eigenvalue weighted by Gasteiger charge is -2.14. The van der Waals surface area contributed by atoms with E-state index in [1.165, 1.54) is 14.2 Å². The molecule has 0 aliphatic rings. The first-order valence-electron chi connectivity index (χ1n) is 7.12. The SMILES string of the molecule is COc1ccccc1NC(=O)COc1cc(Br)c(CO)cc1OC. The quantitative estimate of drug-likeness (QED) is 0.753. The summed E-state index contributed by atoms with van der Waals surface area (Å²) < 4.78 is 16.6. The third kappa shape index (κ3) is 4.39. The summed E-state index contributed by atoms with van der Waals surface area (Å²) in [6.45, 7) is -0.329. The summed E-state index contributed by atoms with van der Waals surface area (Å²) in [6.07, 6.45) is 0. The molecule has 2 N–H and O–H groups in total. The van der Waals surface area contributed by atoms with Gasteiger partial charge in [0, 0.05) is 4.47 Å². The average Bonchev–Trinajstić information content (AvgIpc) is 2.60. The average molecular weight is 396 g/mol. The van der Waals surface area contributed by atoms with E-state index < -0.39 is 0 Å². The third-order valence-corrected chi connectivity index (χ3v) is 3.98. The molecule has 0 bridgehead atoms. The van der Waals surface area contributed by atoms with E-state index in [1.807, 2.05) is 6.07 Å². The van der Waals surface area contributed by atoms with Crippen LogP contribution in [0, 0.1) is 0 Å². The lowest BCUT2D eigenvalue weighted by Crippen LogP contribution is -2.20. The summed E-state index contributed by atoms with van der Waals surface area (Å²) in [5, 5.41) is 12.0. The van der Waals surface area contributed by atoms with Crippen LogP contribution in [0.15, 0.2) is 40.9 Å². The minimum absolute atomic E-state index is 0.133. The van der Waals surface area contributed by atoms with Crippen molar-refractivity contribution in [3.8, 4) is 17.2 Å². The van der Waals surface area contributed by atoms with E-state index in [4.69, 9.17) is 14.2 Å². The number of carbonyl (C=O) groups excluding carboxylic acids is 1. The van der Waals surface area contributed by atoms with Crippen molar-refractivity contribution in [1.82, 2.24) is 0 Å². The number of amides is 1. The normalized spacial score (nSPS) is 10.2. The van der Waals surface area contributed by atoms with Gasteiger partial charge in [-0.25, -0.2) is 0 Å². The Morgan fingerprint density at radius 2 is 1.83 bits per heavy atom. The summed E-state index contributed by atoms with van der Waals surface area (Å²) >= 11 is 3.34. The minimum atomic E-state index is -0.330. The summed E-state index contributed by atoms with van der Waals surface area (Å²) in [5.41, 5.74) is 1.23. The molecule has 0 aliphatic carbocycles. The van der Waals surface area contributed by atoms with Crippen molar-refractivity contribution in [3.63, 3.8) is 0 Å². The van der Waals surface area contributed by atoms with Crippen LogP contribution in [0.1, 0.15) is 5.56 Å². The molecule has 6 nitrogen and oxygen atoms in total. The number of hydrogen-bond acceptors (Lipinski definition) is 5. The Labute approximate surface area is 148 Å². The third-order valence-electron chi connectivity index (χ3n) is 3.24. The highest BCUT2D eigenvalue weighted by Gasteiger charge is 2.13. The van der Waals surface area contributed by atoms with Gasteiger partial charge < -0.3 is 24.6 Å². The Morgan fingerprint density at radius 3 is 2.50 bits per heavy atom. The molecule has 0 unspecified atom stereocenters. The van der Waals surface area contributed by atoms with Crippen LogP contribution in [0.5, 0.6) is 17.2 Å². The second-order valence-corrected chi connectivity index (χ2v) is 5.64. The van der Waals surface area contributed by atoms with Gasteiger partial charge in [-0.15, -0.1) is 0 Å². The van der Waals surface area contributed by atoms with Crippen molar-refractivity contribution in [2.24, 2.45) is 0 Å². The molecule has 128 valence electrons. The Bertz CT molecular complexity index is 720. The fraction of sp³-hybridized carbons (Fsp3) is 0.235. The predicted molar refractivity (Wildman–Crippen MR) is 93.7 cm³/mol. The number of aliphatic hydroxyl groups is 1. The van der Waals surface area contributed by atoms with Gasteiger partial charge in [0.25, 0.3) is 5.91 Å². The number of ether oxygens (including phenoxy) is 3. The van der Waals surface area contributed by atoms with Gasteiger partial charge in [-0.2, -0.15) is 0 Å². The Balaban J connectivity index is 2.05. The minimum Gasteiger partial charge on any atom is -0.495 e. The first-order valence-corrected chi connectivity index (χ1v) is 7.91. The summed E-state index contributed by atoms with van der Waals surface area (Å²) in [6, 6.07) is 10.4. The first-order chi connectivity index (χ1) is 11.6. The van der Waals surface area contributed by atoms with Crippen molar-refractivity contribution in [2.75, 3.05) is 26.1 Å². The van der Waals surface area contributed by atoms with Gasteiger partial charge in [-0.05, 0) is 29.8 Å². The standard InChI is InChI=1S/C17H18BrNO5/c1-22-14-6-4-3-5-13(14)19-17(21)10-24-16-8-12(18)11(9-20)7-15(16)23-2/h3-8,20H,9-10H2,1-2H3,(H,19,21).